The van der Waals surface area contributed by atoms with Crippen LogP contribution in [0.3, 0.4) is 0 Å². The molecule has 0 aliphatic carbocycles. The van der Waals surface area contributed by atoms with Crippen LogP contribution in [-0.2, 0) is 6.54 Å². The third kappa shape index (κ3) is 6.71. The fraction of sp³-hybridized carbons (Fsp3) is 0.867. The maximum absolute atomic E-state index is 4.29. The maximum Gasteiger partial charge on any atom is 0.141 e. The monoisotopic (exact) mass is 266 g/mol. The predicted molar refractivity (Wildman–Crippen MR) is 80.0 cm³/mol. The summed E-state index contributed by atoms with van der Waals surface area (Å²) in [6.07, 6.45) is 8.33. The number of hydrogen-bond acceptors (Lipinski definition) is 3. The van der Waals surface area contributed by atoms with Crippen LogP contribution >= 0.6 is 0 Å². The zero-order chi connectivity index (χ0) is 14.1. The van der Waals surface area contributed by atoms with E-state index in [-0.39, 0.29) is 0 Å². The molecule has 0 aromatic carbocycles. The molecule has 0 amide bonds. The average Bonchev–Trinajstić information content (AvgIpc) is 2.80. The van der Waals surface area contributed by atoms with Crippen LogP contribution in [0.25, 0.3) is 0 Å². The second-order valence-corrected chi connectivity index (χ2v) is 5.99. The van der Waals surface area contributed by atoms with Gasteiger partial charge in [0.15, 0.2) is 0 Å². The van der Waals surface area contributed by atoms with E-state index in [1.807, 2.05) is 4.68 Å². The molecular weight excluding hydrogens is 236 g/mol. The first-order valence-corrected chi connectivity index (χ1v) is 7.70. The highest BCUT2D eigenvalue weighted by Crippen LogP contribution is 2.09. The van der Waals surface area contributed by atoms with Crippen molar-refractivity contribution in [3.8, 4) is 0 Å². The van der Waals surface area contributed by atoms with Gasteiger partial charge < -0.3 is 5.32 Å². The van der Waals surface area contributed by atoms with Gasteiger partial charge in [-0.05, 0) is 32.7 Å². The summed E-state index contributed by atoms with van der Waals surface area (Å²) in [6, 6.07) is 0.385. The molecule has 0 saturated heterocycles. The van der Waals surface area contributed by atoms with E-state index >= 15 is 0 Å². The molecule has 1 aromatic heterocycles. The van der Waals surface area contributed by atoms with Gasteiger partial charge in [-0.2, -0.15) is 5.10 Å². The fourth-order valence-corrected chi connectivity index (χ4v) is 2.19. The van der Waals surface area contributed by atoms with Crippen molar-refractivity contribution in [2.45, 2.75) is 72.4 Å². The van der Waals surface area contributed by atoms with Crippen LogP contribution in [0.1, 0.15) is 71.7 Å². The number of rotatable bonds is 10. The van der Waals surface area contributed by atoms with Crippen molar-refractivity contribution < 1.29 is 0 Å². The normalized spacial score (nSPS) is 11.7. The SMILES string of the molecule is CC(C)CCCCCCNCc1ncnn1C(C)C. The number of nitrogens with one attached hydrogen (secondary N) is 1. The highest BCUT2D eigenvalue weighted by molar-refractivity contribution is 4.85. The van der Waals surface area contributed by atoms with E-state index < -0.39 is 0 Å². The van der Waals surface area contributed by atoms with Crippen molar-refractivity contribution in [1.82, 2.24) is 20.1 Å². The molecule has 0 bridgehead atoms. The zero-order valence-electron chi connectivity index (χ0n) is 13.0. The van der Waals surface area contributed by atoms with Gasteiger partial charge in [0.25, 0.3) is 0 Å². The molecule has 110 valence electrons. The lowest BCUT2D eigenvalue weighted by atomic mass is 10.0. The molecule has 0 fully saturated rings. The second kappa shape index (κ2) is 9.08. The molecular formula is C15H30N4. The van der Waals surface area contributed by atoms with Crippen molar-refractivity contribution in [3.63, 3.8) is 0 Å². The molecule has 1 N–H and O–H groups in total. The summed E-state index contributed by atoms with van der Waals surface area (Å²) in [7, 11) is 0. The van der Waals surface area contributed by atoms with Crippen molar-refractivity contribution >= 4 is 0 Å². The van der Waals surface area contributed by atoms with Gasteiger partial charge in [-0.3, -0.25) is 0 Å². The number of hydrogen-bond donors (Lipinski definition) is 1. The fourth-order valence-electron chi connectivity index (χ4n) is 2.19. The Morgan fingerprint density at radius 2 is 1.84 bits per heavy atom. The Kier molecular flexibility index (Phi) is 7.72. The predicted octanol–water partition coefficient (Wildman–Crippen LogP) is 3.56. The molecule has 19 heavy (non-hydrogen) atoms. The van der Waals surface area contributed by atoms with E-state index in [2.05, 4.69) is 43.1 Å². The van der Waals surface area contributed by atoms with E-state index in [0.29, 0.717) is 6.04 Å². The molecule has 1 rings (SSSR count). The summed E-state index contributed by atoms with van der Waals surface area (Å²) < 4.78 is 1.98. The van der Waals surface area contributed by atoms with Crippen LogP contribution in [0.2, 0.25) is 0 Å². The Morgan fingerprint density at radius 3 is 2.53 bits per heavy atom. The topological polar surface area (TPSA) is 42.7 Å². The first-order valence-electron chi connectivity index (χ1n) is 7.70. The van der Waals surface area contributed by atoms with Gasteiger partial charge in [0.1, 0.15) is 12.2 Å². The Hall–Kier alpha value is -0.900. The van der Waals surface area contributed by atoms with E-state index in [4.69, 9.17) is 0 Å². The molecule has 1 heterocycles. The highest BCUT2D eigenvalue weighted by Gasteiger charge is 2.06. The lowest BCUT2D eigenvalue weighted by Gasteiger charge is -2.10. The van der Waals surface area contributed by atoms with Gasteiger partial charge in [0, 0.05) is 6.04 Å². The van der Waals surface area contributed by atoms with Gasteiger partial charge in [-0.15, -0.1) is 0 Å². The molecule has 0 aliphatic rings. The molecule has 0 atom stereocenters. The minimum Gasteiger partial charge on any atom is -0.310 e. The third-order valence-electron chi connectivity index (χ3n) is 3.30. The quantitative estimate of drug-likeness (QED) is 0.658. The van der Waals surface area contributed by atoms with Crippen LogP contribution in [0.5, 0.6) is 0 Å². The molecule has 0 unspecified atom stereocenters. The van der Waals surface area contributed by atoms with E-state index in [9.17, 15) is 0 Å². The van der Waals surface area contributed by atoms with E-state index in [0.717, 1.165) is 24.8 Å². The van der Waals surface area contributed by atoms with Crippen molar-refractivity contribution in [3.05, 3.63) is 12.2 Å². The minimum atomic E-state index is 0.385. The Morgan fingerprint density at radius 1 is 1.11 bits per heavy atom. The van der Waals surface area contributed by atoms with Gasteiger partial charge >= 0.3 is 0 Å². The molecule has 0 saturated carbocycles. The number of unbranched alkanes of at least 4 members (excludes halogenated alkanes) is 3. The van der Waals surface area contributed by atoms with Crippen LogP contribution in [-0.4, -0.2) is 21.3 Å². The summed E-state index contributed by atoms with van der Waals surface area (Å²) in [5, 5.41) is 7.70. The molecule has 0 aliphatic heterocycles. The summed E-state index contributed by atoms with van der Waals surface area (Å²) >= 11 is 0. The minimum absolute atomic E-state index is 0.385. The first-order chi connectivity index (χ1) is 9.11. The van der Waals surface area contributed by atoms with Crippen LogP contribution in [0.4, 0.5) is 0 Å². The highest BCUT2D eigenvalue weighted by atomic mass is 15.3. The van der Waals surface area contributed by atoms with Gasteiger partial charge in [0.2, 0.25) is 0 Å². The molecule has 0 spiro atoms. The maximum atomic E-state index is 4.29. The summed E-state index contributed by atoms with van der Waals surface area (Å²) in [4.78, 5) is 4.29. The summed E-state index contributed by atoms with van der Waals surface area (Å²) in [5.74, 6) is 1.88. The van der Waals surface area contributed by atoms with Crippen molar-refractivity contribution in [2.24, 2.45) is 5.92 Å². The van der Waals surface area contributed by atoms with Crippen LogP contribution in [0, 0.1) is 5.92 Å². The zero-order valence-corrected chi connectivity index (χ0v) is 13.0. The van der Waals surface area contributed by atoms with Gasteiger partial charge in [0.05, 0.1) is 6.54 Å². The third-order valence-corrected chi connectivity index (χ3v) is 3.30. The Balaban J connectivity index is 2.03. The number of nitrogens with zero attached hydrogens (tertiary/aromatic N) is 3. The Bertz CT molecular complexity index is 331. The smallest absolute Gasteiger partial charge is 0.141 e. The van der Waals surface area contributed by atoms with Crippen molar-refractivity contribution in [2.75, 3.05) is 6.54 Å². The summed E-state index contributed by atoms with van der Waals surface area (Å²) in [5.41, 5.74) is 0. The molecule has 0 radical (unpaired) electrons. The van der Waals surface area contributed by atoms with Crippen LogP contribution < -0.4 is 5.32 Å². The summed E-state index contributed by atoms with van der Waals surface area (Å²) in [6.45, 7) is 10.8. The lowest BCUT2D eigenvalue weighted by molar-refractivity contribution is 0.481. The Labute approximate surface area is 118 Å². The van der Waals surface area contributed by atoms with Crippen molar-refractivity contribution in [1.29, 1.82) is 0 Å². The number of aromatic nitrogens is 3. The standard InChI is InChI=1S/C15H30N4/c1-13(2)9-7-5-6-8-10-16-11-15-17-12-18-19(15)14(3)4/h12-14,16H,5-11H2,1-4H3. The van der Waals surface area contributed by atoms with Crippen LogP contribution in [0.15, 0.2) is 6.33 Å². The van der Waals surface area contributed by atoms with E-state index in [1.165, 1.54) is 32.1 Å². The largest absolute Gasteiger partial charge is 0.310 e. The van der Waals surface area contributed by atoms with Gasteiger partial charge in [-0.25, -0.2) is 9.67 Å². The molecule has 1 aromatic rings. The van der Waals surface area contributed by atoms with Gasteiger partial charge in [-0.1, -0.05) is 39.5 Å². The second-order valence-electron chi connectivity index (χ2n) is 5.99. The first kappa shape index (κ1) is 16.2. The van der Waals surface area contributed by atoms with E-state index in [1.54, 1.807) is 6.33 Å². The average molecular weight is 266 g/mol. The lowest BCUT2D eigenvalue weighted by Crippen LogP contribution is -2.19. The molecule has 4 heteroatoms. The molecule has 4 nitrogen and oxygen atoms in total.